The van der Waals surface area contributed by atoms with E-state index in [9.17, 15) is 9.59 Å². The molecule has 2 aromatic rings. The van der Waals surface area contributed by atoms with Crippen molar-refractivity contribution in [2.45, 2.75) is 18.9 Å². The molecule has 0 spiro atoms. The minimum Gasteiger partial charge on any atom is -0.379 e. The minimum atomic E-state index is -0.217. The van der Waals surface area contributed by atoms with Gasteiger partial charge < -0.3 is 15.0 Å². The number of benzene rings is 2. The Kier molecular flexibility index (Phi) is 8.25. The van der Waals surface area contributed by atoms with Crippen LogP contribution in [0.1, 0.15) is 34.8 Å². The van der Waals surface area contributed by atoms with Gasteiger partial charge in [0.25, 0.3) is 5.91 Å². The Balaban J connectivity index is 1.38. The number of nitrogens with one attached hydrogen (secondary N) is 1. The van der Waals surface area contributed by atoms with Crippen LogP contribution in [0.4, 0.5) is 0 Å². The maximum absolute atomic E-state index is 13.1. The van der Waals surface area contributed by atoms with Crippen LogP contribution < -0.4 is 5.32 Å². The van der Waals surface area contributed by atoms with E-state index in [0.717, 1.165) is 31.5 Å². The van der Waals surface area contributed by atoms with Crippen LogP contribution in [-0.2, 0) is 9.53 Å². The second-order valence-corrected chi connectivity index (χ2v) is 9.43. The fraction of sp³-hybridized carbons (Fsp3) is 0.440. The molecule has 2 amide bonds. The largest absolute Gasteiger partial charge is 0.379 e. The van der Waals surface area contributed by atoms with Crippen molar-refractivity contribution in [1.82, 2.24) is 15.1 Å². The van der Waals surface area contributed by atoms with E-state index in [1.54, 1.807) is 29.2 Å². The Hall–Kier alpha value is -2.12. The Labute approximate surface area is 204 Å². The van der Waals surface area contributed by atoms with Crippen LogP contribution in [0.5, 0.6) is 0 Å². The molecule has 33 heavy (non-hydrogen) atoms. The van der Waals surface area contributed by atoms with Crippen LogP contribution in [0.3, 0.4) is 0 Å². The summed E-state index contributed by atoms with van der Waals surface area (Å²) in [7, 11) is 0. The maximum atomic E-state index is 13.1. The average molecular weight is 490 g/mol. The molecule has 0 radical (unpaired) electrons. The fourth-order valence-corrected chi connectivity index (χ4v) is 4.78. The Morgan fingerprint density at radius 1 is 0.970 bits per heavy atom. The van der Waals surface area contributed by atoms with E-state index in [-0.39, 0.29) is 23.8 Å². The second kappa shape index (κ2) is 11.3. The molecule has 0 bridgehead atoms. The molecule has 0 aromatic heterocycles. The molecule has 2 saturated heterocycles. The highest BCUT2D eigenvalue weighted by Gasteiger charge is 2.30. The molecule has 2 aliphatic rings. The molecule has 0 saturated carbocycles. The number of nitrogens with zero attached hydrogens (tertiary/aromatic N) is 2. The number of amides is 2. The standard InChI is InChI=1S/C25H29Cl2N3O3/c26-21-7-3-18(4-8-21)23(29-12-14-33-15-13-29)16-28-24(31)20-2-1-11-30(17-20)25(32)19-5-9-22(27)10-6-19/h3-10,20,23H,1-2,11-17H2,(H,28,31). The highest BCUT2D eigenvalue weighted by Crippen LogP contribution is 2.24. The zero-order valence-electron chi connectivity index (χ0n) is 18.5. The monoisotopic (exact) mass is 489 g/mol. The summed E-state index contributed by atoms with van der Waals surface area (Å²) < 4.78 is 5.51. The summed E-state index contributed by atoms with van der Waals surface area (Å²) in [6.07, 6.45) is 1.58. The van der Waals surface area contributed by atoms with E-state index < -0.39 is 0 Å². The van der Waals surface area contributed by atoms with E-state index in [4.69, 9.17) is 27.9 Å². The summed E-state index contributed by atoms with van der Waals surface area (Å²) in [5.41, 5.74) is 1.71. The highest BCUT2D eigenvalue weighted by atomic mass is 35.5. The molecule has 2 heterocycles. The van der Waals surface area contributed by atoms with Gasteiger partial charge in [-0.3, -0.25) is 14.5 Å². The van der Waals surface area contributed by atoms with Gasteiger partial charge in [-0.05, 0) is 54.8 Å². The van der Waals surface area contributed by atoms with E-state index in [0.29, 0.717) is 48.5 Å². The van der Waals surface area contributed by atoms with Crippen molar-refractivity contribution in [2.75, 3.05) is 45.9 Å². The van der Waals surface area contributed by atoms with Gasteiger partial charge in [0.05, 0.1) is 25.2 Å². The van der Waals surface area contributed by atoms with Crippen molar-refractivity contribution in [2.24, 2.45) is 5.92 Å². The third-order valence-electron chi connectivity index (χ3n) is 6.38. The number of carbonyl (C=O) groups is 2. The molecule has 2 fully saturated rings. The summed E-state index contributed by atoms with van der Waals surface area (Å²) in [4.78, 5) is 30.1. The quantitative estimate of drug-likeness (QED) is 0.664. The van der Waals surface area contributed by atoms with Crippen LogP contribution in [0.2, 0.25) is 10.0 Å². The Bertz CT molecular complexity index is 946. The number of carbonyl (C=O) groups excluding carboxylic acids is 2. The van der Waals surface area contributed by atoms with Crippen molar-refractivity contribution in [3.63, 3.8) is 0 Å². The van der Waals surface area contributed by atoms with Crippen molar-refractivity contribution >= 4 is 35.0 Å². The summed E-state index contributed by atoms with van der Waals surface area (Å²) in [6.45, 7) is 4.59. The van der Waals surface area contributed by atoms with Gasteiger partial charge in [-0.15, -0.1) is 0 Å². The number of hydrogen-bond acceptors (Lipinski definition) is 4. The zero-order chi connectivity index (χ0) is 23.2. The third-order valence-corrected chi connectivity index (χ3v) is 6.89. The predicted octanol–water partition coefficient (Wildman–Crippen LogP) is 4.04. The first-order chi connectivity index (χ1) is 16.0. The number of halogens is 2. The molecular formula is C25H29Cl2N3O3. The van der Waals surface area contributed by atoms with E-state index in [1.807, 2.05) is 24.3 Å². The van der Waals surface area contributed by atoms with E-state index >= 15 is 0 Å². The molecule has 0 aliphatic carbocycles. The smallest absolute Gasteiger partial charge is 0.253 e. The fourth-order valence-electron chi connectivity index (χ4n) is 4.52. The Morgan fingerprint density at radius 2 is 1.61 bits per heavy atom. The molecule has 176 valence electrons. The van der Waals surface area contributed by atoms with Crippen molar-refractivity contribution in [3.8, 4) is 0 Å². The molecule has 2 aromatic carbocycles. The van der Waals surface area contributed by atoms with Crippen molar-refractivity contribution in [3.05, 3.63) is 69.7 Å². The van der Waals surface area contributed by atoms with Crippen LogP contribution in [0.25, 0.3) is 0 Å². The van der Waals surface area contributed by atoms with Crippen LogP contribution in [0, 0.1) is 5.92 Å². The van der Waals surface area contributed by atoms with Gasteiger partial charge >= 0.3 is 0 Å². The van der Waals surface area contributed by atoms with Gasteiger partial charge in [-0.25, -0.2) is 0 Å². The van der Waals surface area contributed by atoms with E-state index in [2.05, 4.69) is 10.2 Å². The first kappa shape index (κ1) is 24.0. The topological polar surface area (TPSA) is 61.9 Å². The molecule has 2 unspecified atom stereocenters. The number of likely N-dealkylation sites (tertiary alicyclic amines) is 1. The second-order valence-electron chi connectivity index (χ2n) is 8.56. The zero-order valence-corrected chi connectivity index (χ0v) is 20.0. The van der Waals surface area contributed by atoms with Gasteiger partial charge in [-0.1, -0.05) is 35.3 Å². The van der Waals surface area contributed by atoms with Crippen LogP contribution >= 0.6 is 23.2 Å². The molecule has 1 N–H and O–H groups in total. The van der Waals surface area contributed by atoms with Gasteiger partial charge in [-0.2, -0.15) is 0 Å². The van der Waals surface area contributed by atoms with E-state index in [1.165, 1.54) is 0 Å². The Morgan fingerprint density at radius 3 is 2.27 bits per heavy atom. The van der Waals surface area contributed by atoms with Crippen LogP contribution in [-0.4, -0.2) is 67.6 Å². The highest BCUT2D eigenvalue weighted by molar-refractivity contribution is 6.30. The number of rotatable bonds is 6. The summed E-state index contributed by atoms with van der Waals surface area (Å²) in [6, 6.07) is 14.7. The first-order valence-corrected chi connectivity index (χ1v) is 12.2. The molecule has 2 aliphatic heterocycles. The van der Waals surface area contributed by atoms with Gasteiger partial charge in [0, 0.05) is 48.3 Å². The third kappa shape index (κ3) is 6.27. The number of piperidine rings is 1. The SMILES string of the molecule is O=C(NCC(c1ccc(Cl)cc1)N1CCOCC1)C1CCCN(C(=O)c2ccc(Cl)cc2)C1. The van der Waals surface area contributed by atoms with Gasteiger partial charge in [0.15, 0.2) is 0 Å². The lowest BCUT2D eigenvalue weighted by Gasteiger charge is -2.36. The average Bonchev–Trinajstić information content (AvgIpc) is 2.86. The molecular weight excluding hydrogens is 461 g/mol. The normalized spacial score (nSPS) is 20.3. The number of hydrogen-bond donors (Lipinski definition) is 1. The first-order valence-electron chi connectivity index (χ1n) is 11.4. The van der Waals surface area contributed by atoms with Crippen molar-refractivity contribution in [1.29, 1.82) is 0 Å². The van der Waals surface area contributed by atoms with Crippen molar-refractivity contribution < 1.29 is 14.3 Å². The lowest BCUT2D eigenvalue weighted by atomic mass is 9.96. The summed E-state index contributed by atoms with van der Waals surface area (Å²) >= 11 is 12.0. The molecule has 2 atom stereocenters. The predicted molar refractivity (Wildman–Crippen MR) is 130 cm³/mol. The molecule has 8 heteroatoms. The lowest BCUT2D eigenvalue weighted by molar-refractivity contribution is -0.126. The molecule has 4 rings (SSSR count). The molecule has 6 nitrogen and oxygen atoms in total. The van der Waals surface area contributed by atoms with Gasteiger partial charge in [0.2, 0.25) is 5.91 Å². The summed E-state index contributed by atoms with van der Waals surface area (Å²) in [5.74, 6) is -0.280. The minimum absolute atomic E-state index is 0.00386. The number of ether oxygens (including phenoxy) is 1. The summed E-state index contributed by atoms with van der Waals surface area (Å²) in [5, 5.41) is 4.45. The lowest BCUT2D eigenvalue weighted by Crippen LogP contribution is -2.48. The van der Waals surface area contributed by atoms with Crippen LogP contribution in [0.15, 0.2) is 48.5 Å². The maximum Gasteiger partial charge on any atom is 0.253 e. The van der Waals surface area contributed by atoms with Gasteiger partial charge in [0.1, 0.15) is 0 Å². The number of morpholine rings is 1.